The van der Waals surface area contributed by atoms with E-state index in [2.05, 4.69) is 5.32 Å². The number of Topliss-reactive ketones (excluding diaryl/α,β-unsaturated/α-hetero) is 1. The zero-order valence-electron chi connectivity index (χ0n) is 21.8. The molecule has 2 aliphatic rings. The van der Waals surface area contributed by atoms with Crippen LogP contribution in [0.4, 0.5) is 21.5 Å². The first-order valence-electron chi connectivity index (χ1n) is 12.9. The highest BCUT2D eigenvalue weighted by Gasteiger charge is 2.41. The number of fused-ring (bicyclic) bond motifs is 1. The predicted molar refractivity (Wildman–Crippen MR) is 146 cm³/mol. The second-order valence-corrected chi connectivity index (χ2v) is 10.1. The molecule has 1 aliphatic carbocycles. The van der Waals surface area contributed by atoms with Crippen molar-refractivity contribution in [2.75, 3.05) is 29.2 Å². The summed E-state index contributed by atoms with van der Waals surface area (Å²) in [7, 11) is 3.86. The monoisotopic (exact) mass is 526 g/mol. The van der Waals surface area contributed by atoms with Crippen LogP contribution >= 0.6 is 0 Å². The molecule has 0 saturated carbocycles. The van der Waals surface area contributed by atoms with Crippen molar-refractivity contribution in [1.29, 1.82) is 0 Å². The van der Waals surface area contributed by atoms with Crippen molar-refractivity contribution >= 4 is 34.7 Å². The van der Waals surface area contributed by atoms with E-state index in [1.807, 2.05) is 55.4 Å². The Balaban J connectivity index is 1.67. The van der Waals surface area contributed by atoms with Crippen LogP contribution in [-0.4, -0.2) is 31.8 Å². The van der Waals surface area contributed by atoms with Gasteiger partial charge in [-0.2, -0.15) is 0 Å². The third-order valence-corrected chi connectivity index (χ3v) is 7.37. The van der Waals surface area contributed by atoms with Gasteiger partial charge in [0.05, 0.1) is 17.4 Å². The van der Waals surface area contributed by atoms with Crippen molar-refractivity contribution in [2.24, 2.45) is 0 Å². The first-order chi connectivity index (χ1) is 18.7. The minimum absolute atomic E-state index is 0.120. The number of allylic oxidation sites excluding steroid dienone is 1. The van der Waals surface area contributed by atoms with Gasteiger partial charge in [0.2, 0.25) is 5.91 Å². The number of nitrogens with zero attached hydrogens (tertiary/aromatic N) is 2. The van der Waals surface area contributed by atoms with E-state index in [0.29, 0.717) is 29.1 Å². The Kier molecular flexibility index (Phi) is 7.19. The Morgan fingerprint density at radius 1 is 0.949 bits per heavy atom. The number of carboxylic acid groups (broad SMARTS) is 1. The van der Waals surface area contributed by atoms with Crippen molar-refractivity contribution in [3.63, 3.8) is 0 Å². The lowest BCUT2D eigenvalue weighted by Gasteiger charge is -2.35. The summed E-state index contributed by atoms with van der Waals surface area (Å²) in [6.45, 7) is 0. The SMILES string of the molecule is CN(C)c1ccc(C2C3=C(CC(c4ccc(F)cc4)CC3=O)Nc3ccccc3N2C(=O)CCC(=O)[O-])cc1. The van der Waals surface area contributed by atoms with Gasteiger partial charge < -0.3 is 20.1 Å². The maximum atomic E-state index is 14.0. The molecule has 39 heavy (non-hydrogen) atoms. The van der Waals surface area contributed by atoms with E-state index in [1.54, 1.807) is 29.2 Å². The van der Waals surface area contributed by atoms with Crippen LogP contribution in [0.15, 0.2) is 84.1 Å². The molecule has 0 spiro atoms. The molecule has 1 aliphatic heterocycles. The van der Waals surface area contributed by atoms with Crippen LogP contribution in [0, 0.1) is 5.82 Å². The number of para-hydroxylation sites is 2. The first-order valence-corrected chi connectivity index (χ1v) is 12.9. The van der Waals surface area contributed by atoms with E-state index in [-0.39, 0.29) is 30.4 Å². The fraction of sp³-hybridized carbons (Fsp3) is 0.258. The molecule has 200 valence electrons. The van der Waals surface area contributed by atoms with Gasteiger partial charge in [0, 0.05) is 49.9 Å². The highest BCUT2D eigenvalue weighted by molar-refractivity contribution is 6.06. The number of benzene rings is 3. The fourth-order valence-electron chi connectivity index (χ4n) is 5.44. The lowest BCUT2D eigenvalue weighted by atomic mass is 9.78. The van der Waals surface area contributed by atoms with Crippen LogP contribution in [0.1, 0.15) is 48.8 Å². The molecule has 1 heterocycles. The standard InChI is InChI=1S/C31H30FN3O4/c1-34(2)23-13-9-20(10-14-23)31-30-25(17-21(18-27(30)36)19-7-11-22(32)12-8-19)33-24-5-3-4-6-26(24)35(31)28(37)15-16-29(38)39/h3-14,21,31,33H,15-18H2,1-2H3,(H,38,39)/p-1. The number of amides is 1. The molecule has 0 radical (unpaired) electrons. The molecule has 0 fully saturated rings. The fourth-order valence-corrected chi connectivity index (χ4v) is 5.44. The molecule has 7 nitrogen and oxygen atoms in total. The number of carboxylic acids is 1. The van der Waals surface area contributed by atoms with E-state index < -0.39 is 24.3 Å². The Labute approximate surface area is 226 Å². The Morgan fingerprint density at radius 2 is 1.62 bits per heavy atom. The molecule has 3 aromatic rings. The molecule has 1 amide bonds. The number of carbonyl (C=O) groups is 3. The van der Waals surface area contributed by atoms with Gasteiger partial charge in [0.1, 0.15) is 5.82 Å². The summed E-state index contributed by atoms with van der Waals surface area (Å²) in [6, 6.07) is 20.4. The largest absolute Gasteiger partial charge is 0.550 e. The number of aliphatic carboxylic acids is 1. The summed E-state index contributed by atoms with van der Waals surface area (Å²) >= 11 is 0. The highest BCUT2D eigenvalue weighted by atomic mass is 19.1. The van der Waals surface area contributed by atoms with E-state index in [4.69, 9.17) is 0 Å². The Hall–Kier alpha value is -4.46. The number of ketones is 1. The molecular formula is C31H29FN3O4-. The predicted octanol–water partition coefficient (Wildman–Crippen LogP) is 4.32. The average molecular weight is 527 g/mol. The third kappa shape index (κ3) is 5.27. The normalized spacial score (nSPS) is 18.5. The van der Waals surface area contributed by atoms with Crippen LogP contribution in [-0.2, 0) is 14.4 Å². The molecule has 8 heteroatoms. The number of hydrogen-bond acceptors (Lipinski definition) is 6. The molecule has 1 N–H and O–H groups in total. The smallest absolute Gasteiger partial charge is 0.228 e. The van der Waals surface area contributed by atoms with Gasteiger partial charge in [-0.3, -0.25) is 14.5 Å². The Morgan fingerprint density at radius 3 is 2.28 bits per heavy atom. The van der Waals surface area contributed by atoms with E-state index in [9.17, 15) is 23.9 Å². The molecule has 0 aromatic heterocycles. The molecule has 3 aromatic carbocycles. The molecule has 0 bridgehead atoms. The maximum absolute atomic E-state index is 14.0. The van der Waals surface area contributed by atoms with Gasteiger partial charge in [0.25, 0.3) is 0 Å². The van der Waals surface area contributed by atoms with Gasteiger partial charge in [-0.1, -0.05) is 36.4 Å². The van der Waals surface area contributed by atoms with Crippen molar-refractivity contribution in [2.45, 2.75) is 37.6 Å². The number of halogens is 1. The molecular weight excluding hydrogens is 497 g/mol. The van der Waals surface area contributed by atoms with Crippen LogP contribution in [0.2, 0.25) is 0 Å². The number of hydrogen-bond donors (Lipinski definition) is 1. The minimum atomic E-state index is -1.31. The molecule has 2 atom stereocenters. The first kappa shape index (κ1) is 26.2. The minimum Gasteiger partial charge on any atom is -0.550 e. The van der Waals surface area contributed by atoms with Gasteiger partial charge in [0.15, 0.2) is 5.78 Å². The van der Waals surface area contributed by atoms with E-state index in [0.717, 1.165) is 16.8 Å². The van der Waals surface area contributed by atoms with Crippen molar-refractivity contribution in [1.82, 2.24) is 0 Å². The summed E-state index contributed by atoms with van der Waals surface area (Å²) in [5.74, 6) is -2.35. The number of carbonyl (C=O) groups excluding carboxylic acids is 3. The maximum Gasteiger partial charge on any atom is 0.228 e. The summed E-state index contributed by atoms with van der Waals surface area (Å²) in [5.41, 5.74) is 4.94. The average Bonchev–Trinajstić information content (AvgIpc) is 3.07. The van der Waals surface area contributed by atoms with Crippen LogP contribution < -0.4 is 20.2 Å². The van der Waals surface area contributed by atoms with Crippen LogP contribution in [0.25, 0.3) is 0 Å². The molecule has 2 unspecified atom stereocenters. The number of nitrogens with one attached hydrogen (secondary N) is 1. The molecule has 5 rings (SSSR count). The lowest BCUT2D eigenvalue weighted by molar-refractivity contribution is -0.305. The van der Waals surface area contributed by atoms with Gasteiger partial charge in [-0.15, -0.1) is 0 Å². The highest BCUT2D eigenvalue weighted by Crippen LogP contribution is 2.47. The summed E-state index contributed by atoms with van der Waals surface area (Å²) in [4.78, 5) is 42.4. The second-order valence-electron chi connectivity index (χ2n) is 10.1. The van der Waals surface area contributed by atoms with Gasteiger partial charge in [-0.25, -0.2) is 4.39 Å². The third-order valence-electron chi connectivity index (χ3n) is 7.37. The van der Waals surface area contributed by atoms with Gasteiger partial charge >= 0.3 is 0 Å². The molecule has 0 saturated heterocycles. The summed E-state index contributed by atoms with van der Waals surface area (Å²) in [5, 5.41) is 14.7. The second kappa shape index (κ2) is 10.7. The summed E-state index contributed by atoms with van der Waals surface area (Å²) < 4.78 is 13.6. The summed E-state index contributed by atoms with van der Waals surface area (Å²) in [6.07, 6.45) is 0.00586. The zero-order valence-corrected chi connectivity index (χ0v) is 21.8. The van der Waals surface area contributed by atoms with Gasteiger partial charge in [-0.05, 0) is 66.3 Å². The van der Waals surface area contributed by atoms with Crippen molar-refractivity contribution in [3.8, 4) is 0 Å². The lowest BCUT2D eigenvalue weighted by Crippen LogP contribution is -2.39. The van der Waals surface area contributed by atoms with E-state index in [1.165, 1.54) is 12.1 Å². The van der Waals surface area contributed by atoms with Crippen LogP contribution in [0.3, 0.4) is 0 Å². The van der Waals surface area contributed by atoms with Crippen molar-refractivity contribution in [3.05, 3.63) is 101 Å². The van der Waals surface area contributed by atoms with Crippen LogP contribution in [0.5, 0.6) is 0 Å². The number of rotatable bonds is 6. The number of anilines is 3. The van der Waals surface area contributed by atoms with Crippen molar-refractivity contribution < 1.29 is 23.9 Å². The quantitative estimate of drug-likeness (QED) is 0.514. The topological polar surface area (TPSA) is 92.8 Å². The Bertz CT molecular complexity index is 1450. The van der Waals surface area contributed by atoms with E-state index >= 15 is 0 Å². The zero-order chi connectivity index (χ0) is 27.7.